The second-order valence-electron chi connectivity index (χ2n) is 7.53. The van der Waals surface area contributed by atoms with Crippen LogP contribution in [0.2, 0.25) is 0 Å². The molecular formula is C26H26ClN5O2S. The van der Waals surface area contributed by atoms with Crippen molar-refractivity contribution >= 4 is 34.9 Å². The van der Waals surface area contributed by atoms with Crippen LogP contribution >= 0.6 is 23.4 Å². The summed E-state index contributed by atoms with van der Waals surface area (Å²) in [5.74, 6) is 0.310. The van der Waals surface area contributed by atoms with Gasteiger partial charge in [0.05, 0.1) is 23.9 Å². The van der Waals surface area contributed by atoms with Crippen molar-refractivity contribution in [3.8, 4) is 17.6 Å². The van der Waals surface area contributed by atoms with Crippen LogP contribution in [0, 0.1) is 11.3 Å². The van der Waals surface area contributed by atoms with Gasteiger partial charge in [-0.05, 0) is 55.0 Å². The van der Waals surface area contributed by atoms with Gasteiger partial charge in [-0.25, -0.2) is 4.98 Å². The van der Waals surface area contributed by atoms with E-state index >= 15 is 0 Å². The summed E-state index contributed by atoms with van der Waals surface area (Å²) in [7, 11) is 1.93. The van der Waals surface area contributed by atoms with Crippen molar-refractivity contribution in [2.45, 2.75) is 31.8 Å². The quantitative estimate of drug-likeness (QED) is 0.237. The highest BCUT2D eigenvalue weighted by Gasteiger charge is 2.21. The number of thioether (sulfide) groups is 1. The van der Waals surface area contributed by atoms with Gasteiger partial charge in [0.15, 0.2) is 5.82 Å². The van der Waals surface area contributed by atoms with E-state index in [1.54, 1.807) is 31.0 Å². The Balaban J connectivity index is 2.04. The van der Waals surface area contributed by atoms with Crippen LogP contribution in [0.5, 0.6) is 0 Å². The normalized spacial score (nSPS) is 14.1. The number of ether oxygens (including phenoxy) is 1. The zero-order chi connectivity index (χ0) is 25.4. The first-order valence-corrected chi connectivity index (χ1v) is 12.1. The fourth-order valence-corrected chi connectivity index (χ4v) is 4.47. The van der Waals surface area contributed by atoms with E-state index < -0.39 is 0 Å². The first-order chi connectivity index (χ1) is 16.9. The zero-order valence-corrected chi connectivity index (χ0v) is 21.4. The number of carbonyl (C=O) groups is 1. The SMILES string of the molecule is C=C/C(C#N)=C\C=C(/C)c1nc(-c2ccn(CC(=O)OCC)n2)n(C)c1SC1=CC=C(Cl)C=CC1. The summed E-state index contributed by atoms with van der Waals surface area (Å²) in [5, 5.41) is 15.3. The van der Waals surface area contributed by atoms with Crippen molar-refractivity contribution < 1.29 is 9.53 Å². The summed E-state index contributed by atoms with van der Waals surface area (Å²) < 4.78 is 8.53. The van der Waals surface area contributed by atoms with E-state index in [0.717, 1.165) is 27.6 Å². The third-order valence-corrected chi connectivity index (χ3v) is 6.47. The Morgan fingerprint density at radius 2 is 2.20 bits per heavy atom. The molecule has 0 atom stereocenters. The molecule has 3 rings (SSSR count). The van der Waals surface area contributed by atoms with Crippen molar-refractivity contribution in [2.24, 2.45) is 7.05 Å². The van der Waals surface area contributed by atoms with Gasteiger partial charge in [-0.2, -0.15) is 10.4 Å². The highest BCUT2D eigenvalue weighted by Crippen LogP contribution is 2.38. The summed E-state index contributed by atoms with van der Waals surface area (Å²) in [5.41, 5.74) is 2.75. The Morgan fingerprint density at radius 3 is 2.91 bits per heavy atom. The van der Waals surface area contributed by atoms with Crippen LogP contribution < -0.4 is 0 Å². The molecule has 0 saturated carbocycles. The maximum atomic E-state index is 11.8. The molecule has 7 nitrogen and oxygen atoms in total. The third-order valence-electron chi connectivity index (χ3n) is 5.00. The molecule has 0 aliphatic heterocycles. The highest BCUT2D eigenvalue weighted by molar-refractivity contribution is 8.03. The molecule has 0 spiro atoms. The molecular weight excluding hydrogens is 482 g/mol. The largest absolute Gasteiger partial charge is 0.465 e. The number of nitriles is 1. The number of allylic oxidation sites excluding steroid dienone is 11. The summed E-state index contributed by atoms with van der Waals surface area (Å²) in [4.78, 5) is 17.8. The number of carbonyl (C=O) groups excluding carboxylic acids is 1. The molecule has 9 heteroatoms. The minimum absolute atomic E-state index is 0.0290. The van der Waals surface area contributed by atoms with Crippen LogP contribution in [0.3, 0.4) is 0 Å². The van der Waals surface area contributed by atoms with Gasteiger partial charge in [0, 0.05) is 18.3 Å². The lowest BCUT2D eigenvalue weighted by molar-refractivity contribution is -0.144. The molecule has 0 radical (unpaired) electrons. The molecule has 1 aliphatic rings. The van der Waals surface area contributed by atoms with Crippen molar-refractivity contribution in [1.82, 2.24) is 19.3 Å². The van der Waals surface area contributed by atoms with Gasteiger partial charge in [0.2, 0.25) is 0 Å². The predicted molar refractivity (Wildman–Crippen MR) is 140 cm³/mol. The molecule has 1 aliphatic carbocycles. The van der Waals surface area contributed by atoms with E-state index in [0.29, 0.717) is 28.7 Å². The molecule has 0 unspecified atom stereocenters. The summed E-state index contributed by atoms with van der Waals surface area (Å²) in [6, 6.07) is 3.92. The number of hydrogen-bond acceptors (Lipinski definition) is 6. The average molecular weight is 508 g/mol. The van der Waals surface area contributed by atoms with Crippen LogP contribution in [-0.4, -0.2) is 31.9 Å². The third kappa shape index (κ3) is 6.75. The van der Waals surface area contributed by atoms with Gasteiger partial charge >= 0.3 is 5.97 Å². The molecule has 0 amide bonds. The fraction of sp³-hybridized carbons (Fsp3) is 0.231. The van der Waals surface area contributed by atoms with Crippen molar-refractivity contribution in [1.29, 1.82) is 5.26 Å². The smallest absolute Gasteiger partial charge is 0.327 e. The standard InChI is InChI=1S/C26H26ClN5O2S/c1-5-19(16-28)11-10-18(3)24-26(35-21-9-7-8-20(27)12-13-21)31(4)25(29-24)22-14-15-32(30-22)17-23(33)34-6-2/h5,7-8,10-15H,1,6,9,17H2,2-4H3/b18-10+,19-11+. The second kappa shape index (κ2) is 12.2. The monoisotopic (exact) mass is 507 g/mol. The first kappa shape index (κ1) is 26.1. The van der Waals surface area contributed by atoms with Crippen LogP contribution in [0.4, 0.5) is 0 Å². The summed E-state index contributed by atoms with van der Waals surface area (Å²) in [6.45, 7) is 7.73. The van der Waals surface area contributed by atoms with E-state index in [1.165, 1.54) is 10.8 Å². The number of nitrogens with zero attached hydrogens (tertiary/aromatic N) is 5. The molecule has 0 saturated heterocycles. The number of hydrogen-bond donors (Lipinski definition) is 0. The molecule has 2 aromatic heterocycles. The van der Waals surface area contributed by atoms with Gasteiger partial charge in [-0.3, -0.25) is 9.48 Å². The van der Waals surface area contributed by atoms with Crippen molar-refractivity contribution in [3.63, 3.8) is 0 Å². The van der Waals surface area contributed by atoms with Crippen molar-refractivity contribution in [2.75, 3.05) is 6.61 Å². The van der Waals surface area contributed by atoms with Crippen molar-refractivity contribution in [3.05, 3.63) is 82.6 Å². The van der Waals surface area contributed by atoms with E-state index in [2.05, 4.69) is 17.7 Å². The second-order valence-corrected chi connectivity index (χ2v) is 9.08. The molecule has 0 bridgehead atoms. The molecule has 2 aromatic rings. The van der Waals surface area contributed by atoms with Gasteiger partial charge in [0.1, 0.15) is 17.3 Å². The number of imidazole rings is 1. The lowest BCUT2D eigenvalue weighted by Gasteiger charge is -2.08. The Labute approximate surface area is 214 Å². The van der Waals surface area contributed by atoms with Crippen LogP contribution in [0.15, 0.2) is 81.9 Å². The van der Waals surface area contributed by atoms with Crippen LogP contribution in [0.25, 0.3) is 17.1 Å². The first-order valence-electron chi connectivity index (χ1n) is 10.9. The Morgan fingerprint density at radius 1 is 1.40 bits per heavy atom. The zero-order valence-electron chi connectivity index (χ0n) is 19.9. The minimum Gasteiger partial charge on any atom is -0.465 e. The number of aromatic nitrogens is 4. The lowest BCUT2D eigenvalue weighted by Crippen LogP contribution is -2.13. The fourth-order valence-electron chi connectivity index (χ4n) is 3.22. The van der Waals surface area contributed by atoms with E-state index in [1.807, 2.05) is 55.0 Å². The molecule has 0 N–H and O–H groups in total. The Bertz CT molecular complexity index is 1320. The molecule has 0 fully saturated rings. The molecule has 35 heavy (non-hydrogen) atoms. The van der Waals surface area contributed by atoms with E-state index in [-0.39, 0.29) is 12.5 Å². The predicted octanol–water partition coefficient (Wildman–Crippen LogP) is 5.94. The maximum Gasteiger partial charge on any atom is 0.327 e. The van der Waals surface area contributed by atoms with E-state index in [4.69, 9.17) is 21.3 Å². The van der Waals surface area contributed by atoms with Gasteiger partial charge in [-0.15, -0.1) is 0 Å². The molecule has 180 valence electrons. The van der Waals surface area contributed by atoms with Crippen LogP contribution in [-0.2, 0) is 23.1 Å². The molecule has 2 heterocycles. The number of rotatable bonds is 9. The average Bonchev–Trinajstić information content (AvgIpc) is 3.35. The minimum atomic E-state index is -0.347. The van der Waals surface area contributed by atoms with E-state index in [9.17, 15) is 10.1 Å². The highest BCUT2D eigenvalue weighted by atomic mass is 35.5. The van der Waals surface area contributed by atoms with Gasteiger partial charge in [0.25, 0.3) is 0 Å². The summed E-state index contributed by atoms with van der Waals surface area (Å²) in [6.07, 6.45) is 15.3. The lowest BCUT2D eigenvalue weighted by atomic mass is 10.2. The number of halogens is 1. The van der Waals surface area contributed by atoms with Gasteiger partial charge in [-0.1, -0.05) is 54.2 Å². The van der Waals surface area contributed by atoms with Crippen LogP contribution in [0.1, 0.15) is 26.0 Å². The summed E-state index contributed by atoms with van der Waals surface area (Å²) >= 11 is 7.75. The maximum absolute atomic E-state index is 11.8. The Hall–Kier alpha value is -3.54. The topological polar surface area (TPSA) is 85.7 Å². The van der Waals surface area contributed by atoms with Gasteiger partial charge < -0.3 is 9.30 Å². The number of esters is 1. The molecule has 0 aromatic carbocycles. The Kier molecular flexibility index (Phi) is 9.12.